The molecule has 0 saturated heterocycles. The Bertz CT molecular complexity index is 171. The molecule has 2 heteroatoms. The first kappa shape index (κ1) is 12.2. The molecule has 0 aromatic rings. The fourth-order valence-corrected chi connectivity index (χ4v) is 1.17. The molecule has 0 aliphatic carbocycles. The number of carbonyl (C=O) groups excluding carboxylic acids is 1. The smallest absolute Gasteiger partial charge is 0.333 e. The Labute approximate surface area is 81.0 Å². The Morgan fingerprint density at radius 2 is 2.00 bits per heavy atom. The summed E-state index contributed by atoms with van der Waals surface area (Å²) in [5.74, 6) is -0.181. The zero-order valence-corrected chi connectivity index (χ0v) is 8.93. The van der Waals surface area contributed by atoms with Crippen LogP contribution < -0.4 is 0 Å². The van der Waals surface area contributed by atoms with Crippen LogP contribution in [0.25, 0.3) is 0 Å². The van der Waals surface area contributed by atoms with Crippen LogP contribution in [0.2, 0.25) is 0 Å². The van der Waals surface area contributed by atoms with Gasteiger partial charge in [-0.15, -0.1) is 0 Å². The van der Waals surface area contributed by atoms with Crippen molar-refractivity contribution in [3.05, 3.63) is 11.6 Å². The number of carbonyl (C=O) groups is 1. The van der Waals surface area contributed by atoms with Crippen LogP contribution in [-0.2, 0) is 9.53 Å². The van der Waals surface area contributed by atoms with E-state index in [1.54, 1.807) is 0 Å². The van der Waals surface area contributed by atoms with Crippen molar-refractivity contribution >= 4 is 5.97 Å². The molecule has 0 amide bonds. The van der Waals surface area contributed by atoms with Gasteiger partial charge in [0.2, 0.25) is 0 Å². The van der Waals surface area contributed by atoms with Crippen molar-refractivity contribution in [2.24, 2.45) is 0 Å². The first-order valence-corrected chi connectivity index (χ1v) is 5.03. The minimum absolute atomic E-state index is 0.181. The average molecular weight is 184 g/mol. The fourth-order valence-electron chi connectivity index (χ4n) is 1.17. The third-order valence-electron chi connectivity index (χ3n) is 2.03. The molecule has 0 unspecified atom stereocenters. The normalized spacial score (nSPS) is 11.5. The van der Waals surface area contributed by atoms with Crippen LogP contribution in [0.15, 0.2) is 11.6 Å². The Kier molecular flexibility index (Phi) is 7.36. The van der Waals surface area contributed by atoms with Crippen LogP contribution >= 0.6 is 0 Å². The SMILES string of the molecule is CCCCCC=C(CC)C(=O)OC. The summed E-state index contributed by atoms with van der Waals surface area (Å²) in [4.78, 5) is 11.1. The largest absolute Gasteiger partial charge is 0.466 e. The lowest BCUT2D eigenvalue weighted by molar-refractivity contribution is -0.136. The van der Waals surface area contributed by atoms with Gasteiger partial charge in [0.15, 0.2) is 0 Å². The summed E-state index contributed by atoms with van der Waals surface area (Å²) < 4.78 is 4.65. The molecule has 0 fully saturated rings. The lowest BCUT2D eigenvalue weighted by Gasteiger charge is -2.01. The van der Waals surface area contributed by atoms with E-state index in [-0.39, 0.29) is 5.97 Å². The summed E-state index contributed by atoms with van der Waals surface area (Å²) in [7, 11) is 1.43. The molecule has 76 valence electrons. The lowest BCUT2D eigenvalue weighted by Crippen LogP contribution is -2.03. The molecular formula is C11H20O2. The van der Waals surface area contributed by atoms with Crippen molar-refractivity contribution in [2.75, 3.05) is 7.11 Å². The predicted molar refractivity (Wildman–Crippen MR) is 54.5 cm³/mol. The number of allylic oxidation sites excluding steroid dienone is 1. The molecule has 0 radical (unpaired) electrons. The number of esters is 1. The van der Waals surface area contributed by atoms with E-state index in [4.69, 9.17) is 0 Å². The molecular weight excluding hydrogens is 164 g/mol. The van der Waals surface area contributed by atoms with Crippen molar-refractivity contribution in [2.45, 2.75) is 46.0 Å². The highest BCUT2D eigenvalue weighted by atomic mass is 16.5. The number of ether oxygens (including phenoxy) is 1. The molecule has 0 spiro atoms. The van der Waals surface area contributed by atoms with Crippen molar-refractivity contribution < 1.29 is 9.53 Å². The van der Waals surface area contributed by atoms with Crippen LogP contribution in [-0.4, -0.2) is 13.1 Å². The van der Waals surface area contributed by atoms with Gasteiger partial charge in [-0.3, -0.25) is 0 Å². The summed E-state index contributed by atoms with van der Waals surface area (Å²) in [5.41, 5.74) is 0.804. The summed E-state index contributed by atoms with van der Waals surface area (Å²) in [6.45, 7) is 4.15. The van der Waals surface area contributed by atoms with Gasteiger partial charge in [-0.25, -0.2) is 4.79 Å². The van der Waals surface area contributed by atoms with E-state index in [0.717, 1.165) is 24.8 Å². The molecule has 0 N–H and O–H groups in total. The Morgan fingerprint density at radius 3 is 2.46 bits per heavy atom. The van der Waals surface area contributed by atoms with Gasteiger partial charge in [0.05, 0.1) is 7.11 Å². The van der Waals surface area contributed by atoms with E-state index < -0.39 is 0 Å². The zero-order valence-electron chi connectivity index (χ0n) is 8.93. The maximum Gasteiger partial charge on any atom is 0.333 e. The quantitative estimate of drug-likeness (QED) is 0.360. The fraction of sp³-hybridized carbons (Fsp3) is 0.727. The van der Waals surface area contributed by atoms with Gasteiger partial charge >= 0.3 is 5.97 Å². The Morgan fingerprint density at radius 1 is 1.31 bits per heavy atom. The summed E-state index contributed by atoms with van der Waals surface area (Å²) in [5, 5.41) is 0. The van der Waals surface area contributed by atoms with E-state index in [1.165, 1.54) is 20.0 Å². The molecule has 0 aromatic heterocycles. The Hall–Kier alpha value is -0.790. The van der Waals surface area contributed by atoms with Gasteiger partial charge in [-0.1, -0.05) is 32.8 Å². The van der Waals surface area contributed by atoms with Crippen molar-refractivity contribution in [3.63, 3.8) is 0 Å². The van der Waals surface area contributed by atoms with Crippen LogP contribution in [0, 0.1) is 0 Å². The topological polar surface area (TPSA) is 26.3 Å². The van der Waals surface area contributed by atoms with Crippen LogP contribution in [0.3, 0.4) is 0 Å². The van der Waals surface area contributed by atoms with Gasteiger partial charge in [0.25, 0.3) is 0 Å². The molecule has 0 heterocycles. The molecule has 0 rings (SSSR count). The van der Waals surface area contributed by atoms with Crippen LogP contribution in [0.4, 0.5) is 0 Å². The molecule has 0 aliphatic heterocycles. The van der Waals surface area contributed by atoms with E-state index in [0.29, 0.717) is 0 Å². The molecule has 0 aromatic carbocycles. The average Bonchev–Trinajstić information content (AvgIpc) is 2.17. The van der Waals surface area contributed by atoms with Crippen molar-refractivity contribution in [3.8, 4) is 0 Å². The molecule has 0 saturated carbocycles. The minimum atomic E-state index is -0.181. The second-order valence-electron chi connectivity index (χ2n) is 3.07. The van der Waals surface area contributed by atoms with Crippen LogP contribution in [0.1, 0.15) is 46.0 Å². The highest BCUT2D eigenvalue weighted by Gasteiger charge is 2.04. The van der Waals surface area contributed by atoms with Crippen LogP contribution in [0.5, 0.6) is 0 Å². The molecule has 13 heavy (non-hydrogen) atoms. The van der Waals surface area contributed by atoms with Gasteiger partial charge in [-0.05, 0) is 19.3 Å². The molecule has 0 atom stereocenters. The lowest BCUT2D eigenvalue weighted by atomic mass is 10.1. The predicted octanol–water partition coefficient (Wildman–Crippen LogP) is 3.08. The van der Waals surface area contributed by atoms with Gasteiger partial charge in [-0.2, -0.15) is 0 Å². The Balaban J connectivity index is 3.85. The zero-order chi connectivity index (χ0) is 10.1. The summed E-state index contributed by atoms with van der Waals surface area (Å²) in [6, 6.07) is 0. The maximum absolute atomic E-state index is 11.1. The third-order valence-corrected chi connectivity index (χ3v) is 2.03. The van der Waals surface area contributed by atoms with Gasteiger partial charge in [0.1, 0.15) is 0 Å². The first-order chi connectivity index (χ1) is 6.26. The number of methoxy groups -OCH3 is 1. The number of rotatable bonds is 6. The second-order valence-corrected chi connectivity index (χ2v) is 3.07. The van der Waals surface area contributed by atoms with E-state index in [9.17, 15) is 4.79 Å². The van der Waals surface area contributed by atoms with E-state index in [2.05, 4.69) is 11.7 Å². The molecule has 0 bridgehead atoms. The number of hydrogen-bond donors (Lipinski definition) is 0. The number of unbranched alkanes of at least 4 members (excludes halogenated alkanes) is 3. The highest BCUT2D eigenvalue weighted by molar-refractivity contribution is 5.88. The highest BCUT2D eigenvalue weighted by Crippen LogP contribution is 2.07. The standard InChI is InChI=1S/C11H20O2/c1-4-6-7-8-9-10(5-2)11(12)13-3/h9H,4-8H2,1-3H3. The van der Waals surface area contributed by atoms with Crippen molar-refractivity contribution in [1.82, 2.24) is 0 Å². The summed E-state index contributed by atoms with van der Waals surface area (Å²) in [6.07, 6.45) is 7.37. The second kappa shape index (κ2) is 7.84. The summed E-state index contributed by atoms with van der Waals surface area (Å²) >= 11 is 0. The van der Waals surface area contributed by atoms with Crippen molar-refractivity contribution in [1.29, 1.82) is 0 Å². The molecule has 2 nitrogen and oxygen atoms in total. The maximum atomic E-state index is 11.1. The van der Waals surface area contributed by atoms with Gasteiger partial charge in [0, 0.05) is 5.57 Å². The first-order valence-electron chi connectivity index (χ1n) is 5.03. The van der Waals surface area contributed by atoms with E-state index in [1.807, 2.05) is 13.0 Å². The monoisotopic (exact) mass is 184 g/mol. The third kappa shape index (κ3) is 5.45. The number of hydrogen-bond acceptors (Lipinski definition) is 2. The van der Waals surface area contributed by atoms with Gasteiger partial charge < -0.3 is 4.74 Å². The molecule has 0 aliphatic rings. The van der Waals surface area contributed by atoms with E-state index >= 15 is 0 Å². The minimum Gasteiger partial charge on any atom is -0.466 e.